The van der Waals surface area contributed by atoms with Crippen molar-refractivity contribution in [3.63, 3.8) is 0 Å². The van der Waals surface area contributed by atoms with E-state index in [1.807, 2.05) is 35.8 Å². The molecule has 28 heavy (non-hydrogen) atoms. The summed E-state index contributed by atoms with van der Waals surface area (Å²) in [5.41, 5.74) is 2.03. The molecule has 2 aromatic rings. The number of aromatic nitrogens is 1. The monoisotopic (exact) mass is 446 g/mol. The second-order valence-corrected chi connectivity index (χ2v) is 8.22. The SMILES string of the molecule is Cc1c(Br)c2ccccc2n1CC(=O)N1CCN(C(=O)C(=O)NC2CC2)CC1. The van der Waals surface area contributed by atoms with E-state index >= 15 is 0 Å². The minimum atomic E-state index is -0.526. The summed E-state index contributed by atoms with van der Waals surface area (Å²) in [6.45, 7) is 3.91. The Morgan fingerprint density at radius 3 is 2.39 bits per heavy atom. The van der Waals surface area contributed by atoms with Crippen LogP contribution >= 0.6 is 15.9 Å². The highest BCUT2D eigenvalue weighted by Gasteiger charge is 2.31. The third kappa shape index (κ3) is 3.65. The molecule has 7 nitrogen and oxygen atoms in total. The molecular formula is C20H23BrN4O3. The van der Waals surface area contributed by atoms with Gasteiger partial charge in [0.05, 0.1) is 0 Å². The van der Waals surface area contributed by atoms with Crippen LogP contribution < -0.4 is 5.32 Å². The van der Waals surface area contributed by atoms with Crippen LogP contribution in [0.4, 0.5) is 0 Å². The maximum Gasteiger partial charge on any atom is 0.312 e. The van der Waals surface area contributed by atoms with Gasteiger partial charge in [-0.05, 0) is 41.8 Å². The Morgan fingerprint density at radius 1 is 1.07 bits per heavy atom. The molecule has 1 aliphatic heterocycles. The molecule has 1 saturated carbocycles. The number of benzene rings is 1. The summed E-state index contributed by atoms with van der Waals surface area (Å²) in [4.78, 5) is 40.3. The van der Waals surface area contributed by atoms with Gasteiger partial charge >= 0.3 is 11.8 Å². The van der Waals surface area contributed by atoms with Crippen LogP contribution in [0.2, 0.25) is 0 Å². The summed E-state index contributed by atoms with van der Waals surface area (Å²) in [5.74, 6) is -0.998. The van der Waals surface area contributed by atoms with Crippen LogP contribution in [0.1, 0.15) is 18.5 Å². The summed E-state index contributed by atoms with van der Waals surface area (Å²) in [6, 6.07) is 8.15. The Bertz CT molecular complexity index is 942. The Balaban J connectivity index is 1.38. The number of para-hydroxylation sites is 1. The molecule has 0 bridgehead atoms. The van der Waals surface area contributed by atoms with E-state index in [1.165, 1.54) is 4.90 Å². The van der Waals surface area contributed by atoms with Gasteiger partial charge in [0.25, 0.3) is 0 Å². The molecule has 4 rings (SSSR count). The fourth-order valence-corrected chi connectivity index (χ4v) is 4.15. The molecular weight excluding hydrogens is 424 g/mol. The van der Waals surface area contributed by atoms with E-state index < -0.39 is 11.8 Å². The number of amides is 3. The van der Waals surface area contributed by atoms with Gasteiger partial charge in [0, 0.05) is 53.3 Å². The molecule has 3 amide bonds. The van der Waals surface area contributed by atoms with Gasteiger partial charge < -0.3 is 19.7 Å². The van der Waals surface area contributed by atoms with Crippen LogP contribution in [-0.2, 0) is 20.9 Å². The lowest BCUT2D eigenvalue weighted by molar-refractivity contribution is -0.148. The average Bonchev–Trinajstić information content (AvgIpc) is 3.50. The maximum atomic E-state index is 12.8. The zero-order valence-corrected chi connectivity index (χ0v) is 17.4. The third-order valence-corrected chi connectivity index (χ3v) is 6.47. The van der Waals surface area contributed by atoms with E-state index in [4.69, 9.17) is 0 Å². The smallest absolute Gasteiger partial charge is 0.312 e. The Hall–Kier alpha value is -2.35. The number of carbonyl (C=O) groups is 3. The van der Waals surface area contributed by atoms with Gasteiger partial charge in [0.2, 0.25) is 5.91 Å². The van der Waals surface area contributed by atoms with Crippen LogP contribution in [0.5, 0.6) is 0 Å². The molecule has 1 aromatic heterocycles. The highest BCUT2D eigenvalue weighted by Crippen LogP contribution is 2.30. The van der Waals surface area contributed by atoms with Crippen molar-refractivity contribution in [3.05, 3.63) is 34.4 Å². The number of piperazine rings is 1. The molecule has 1 aromatic carbocycles. The van der Waals surface area contributed by atoms with Crippen molar-refractivity contribution in [2.75, 3.05) is 26.2 Å². The molecule has 2 heterocycles. The lowest BCUT2D eigenvalue weighted by atomic mass is 10.2. The number of halogens is 1. The zero-order valence-electron chi connectivity index (χ0n) is 15.8. The van der Waals surface area contributed by atoms with E-state index in [9.17, 15) is 14.4 Å². The maximum absolute atomic E-state index is 12.8. The summed E-state index contributed by atoms with van der Waals surface area (Å²) in [6.07, 6.45) is 1.90. The molecule has 8 heteroatoms. The van der Waals surface area contributed by atoms with Crippen molar-refractivity contribution in [2.24, 2.45) is 0 Å². The number of nitrogens with zero attached hydrogens (tertiary/aromatic N) is 3. The summed E-state index contributed by atoms with van der Waals surface area (Å²) in [7, 11) is 0. The van der Waals surface area contributed by atoms with Crippen molar-refractivity contribution in [3.8, 4) is 0 Å². The molecule has 0 atom stereocenters. The first-order chi connectivity index (χ1) is 13.5. The second kappa shape index (κ2) is 7.58. The fourth-order valence-electron chi connectivity index (χ4n) is 3.61. The Kier molecular flexibility index (Phi) is 5.14. The number of hydrogen-bond acceptors (Lipinski definition) is 3. The normalized spacial score (nSPS) is 17.1. The lowest BCUT2D eigenvalue weighted by Gasteiger charge is -2.34. The van der Waals surface area contributed by atoms with Crippen molar-refractivity contribution < 1.29 is 14.4 Å². The first-order valence-corrected chi connectivity index (χ1v) is 10.4. The number of nitrogens with one attached hydrogen (secondary N) is 1. The summed E-state index contributed by atoms with van der Waals surface area (Å²) in [5, 5.41) is 3.81. The van der Waals surface area contributed by atoms with Crippen LogP contribution in [0.15, 0.2) is 28.7 Å². The zero-order chi connectivity index (χ0) is 19.8. The predicted octanol–water partition coefficient (Wildman–Crippen LogP) is 1.66. The second-order valence-electron chi connectivity index (χ2n) is 7.42. The fraction of sp³-hybridized carbons (Fsp3) is 0.450. The lowest BCUT2D eigenvalue weighted by Crippen LogP contribution is -2.54. The number of carbonyl (C=O) groups excluding carboxylic acids is 3. The largest absolute Gasteiger partial charge is 0.345 e. The quantitative estimate of drug-likeness (QED) is 0.728. The third-order valence-electron chi connectivity index (χ3n) is 5.47. The van der Waals surface area contributed by atoms with E-state index in [1.54, 1.807) is 4.90 Å². The predicted molar refractivity (Wildman–Crippen MR) is 109 cm³/mol. The van der Waals surface area contributed by atoms with E-state index in [0.717, 1.165) is 33.9 Å². The summed E-state index contributed by atoms with van der Waals surface area (Å²) < 4.78 is 3.02. The van der Waals surface area contributed by atoms with Crippen LogP contribution in [0.3, 0.4) is 0 Å². The molecule has 1 N–H and O–H groups in total. The Labute approximate surface area is 171 Å². The van der Waals surface area contributed by atoms with Crippen molar-refractivity contribution in [1.82, 2.24) is 19.7 Å². The number of fused-ring (bicyclic) bond motifs is 1. The Morgan fingerprint density at radius 2 is 1.71 bits per heavy atom. The molecule has 0 unspecified atom stereocenters. The summed E-state index contributed by atoms with van der Waals surface area (Å²) >= 11 is 3.62. The topological polar surface area (TPSA) is 74.7 Å². The van der Waals surface area contributed by atoms with Gasteiger partial charge in [0.1, 0.15) is 6.54 Å². The average molecular weight is 447 g/mol. The standard InChI is InChI=1S/C20H23BrN4O3/c1-13-18(21)15-4-2-3-5-16(15)25(13)12-17(26)23-8-10-24(11-9-23)20(28)19(27)22-14-6-7-14/h2-5,14H,6-12H2,1H3,(H,22,27). The number of hydrogen-bond donors (Lipinski definition) is 1. The number of rotatable bonds is 3. The minimum absolute atomic E-state index is 0.0193. The van der Waals surface area contributed by atoms with Crippen LogP contribution in [0.25, 0.3) is 10.9 Å². The van der Waals surface area contributed by atoms with Gasteiger partial charge in [0.15, 0.2) is 0 Å². The van der Waals surface area contributed by atoms with Gasteiger partial charge in [-0.15, -0.1) is 0 Å². The van der Waals surface area contributed by atoms with Gasteiger partial charge in [-0.1, -0.05) is 18.2 Å². The molecule has 0 radical (unpaired) electrons. The molecule has 2 fully saturated rings. The van der Waals surface area contributed by atoms with E-state index in [0.29, 0.717) is 26.2 Å². The molecule has 2 aliphatic rings. The molecule has 1 saturated heterocycles. The van der Waals surface area contributed by atoms with Crippen LogP contribution in [-0.4, -0.2) is 64.3 Å². The van der Waals surface area contributed by atoms with Gasteiger partial charge in [-0.25, -0.2) is 0 Å². The highest BCUT2D eigenvalue weighted by molar-refractivity contribution is 9.10. The van der Waals surface area contributed by atoms with Gasteiger partial charge in [-0.3, -0.25) is 14.4 Å². The van der Waals surface area contributed by atoms with Crippen molar-refractivity contribution in [2.45, 2.75) is 32.4 Å². The van der Waals surface area contributed by atoms with Crippen LogP contribution in [0, 0.1) is 6.92 Å². The van der Waals surface area contributed by atoms with Gasteiger partial charge in [-0.2, -0.15) is 0 Å². The van der Waals surface area contributed by atoms with Crippen molar-refractivity contribution in [1.29, 1.82) is 0 Å². The molecule has 1 aliphatic carbocycles. The van der Waals surface area contributed by atoms with E-state index in [-0.39, 0.29) is 18.5 Å². The first kappa shape index (κ1) is 19.0. The van der Waals surface area contributed by atoms with Crippen molar-refractivity contribution >= 4 is 44.6 Å². The minimum Gasteiger partial charge on any atom is -0.345 e. The molecule has 0 spiro atoms. The highest BCUT2D eigenvalue weighted by atomic mass is 79.9. The molecule has 148 valence electrons. The first-order valence-electron chi connectivity index (χ1n) is 9.56. The van der Waals surface area contributed by atoms with E-state index in [2.05, 4.69) is 21.2 Å².